The summed E-state index contributed by atoms with van der Waals surface area (Å²) < 4.78 is 0. The van der Waals surface area contributed by atoms with Gasteiger partial charge in [0.05, 0.1) is 12.0 Å². The van der Waals surface area contributed by atoms with Crippen molar-refractivity contribution in [1.29, 1.82) is 0 Å². The number of carboxylic acid groups (broad SMARTS) is 1. The molecule has 2 N–H and O–H groups in total. The minimum Gasteiger partial charge on any atom is -0.481 e. The molecule has 0 bridgehead atoms. The van der Waals surface area contributed by atoms with Gasteiger partial charge in [0, 0.05) is 0 Å². The van der Waals surface area contributed by atoms with Crippen LogP contribution in [0.1, 0.15) is 348 Å². The van der Waals surface area contributed by atoms with Gasteiger partial charge in [-0.1, -0.05) is 321 Å². The largest absolute Gasteiger partial charge is 0.481 e. The summed E-state index contributed by atoms with van der Waals surface area (Å²) in [5.74, 6) is -1.39. The fourth-order valence-corrected chi connectivity index (χ4v) is 9.73. The van der Waals surface area contributed by atoms with Crippen LogP contribution < -0.4 is 0 Å². The Bertz CT molecular complexity index is 852. The zero-order valence-corrected chi connectivity index (χ0v) is 42.9. The topological polar surface area (TPSA) is 57.5 Å². The average Bonchev–Trinajstić information content (AvgIpc) is 3.27. The van der Waals surface area contributed by atoms with E-state index in [-0.39, 0.29) is 0 Å². The van der Waals surface area contributed by atoms with E-state index in [4.69, 9.17) is 0 Å². The zero-order chi connectivity index (χ0) is 44.9. The van der Waals surface area contributed by atoms with Crippen molar-refractivity contribution >= 4 is 5.97 Å². The number of unbranched alkanes of at least 4 members (excludes halogenated alkanes) is 47. The third kappa shape index (κ3) is 50.2. The Labute approximate surface area is 391 Å². The van der Waals surface area contributed by atoms with Gasteiger partial charge in [0.25, 0.3) is 0 Å². The minimum absolute atomic E-state index is 0.583. The van der Waals surface area contributed by atoms with E-state index in [2.05, 4.69) is 26.0 Å². The first kappa shape index (κ1) is 61.2. The molecule has 370 valence electrons. The summed E-state index contributed by atoms with van der Waals surface area (Å²) in [6.45, 7) is 4.59. The van der Waals surface area contributed by atoms with Gasteiger partial charge in [-0.2, -0.15) is 0 Å². The summed E-state index contributed by atoms with van der Waals surface area (Å²) in [4.78, 5) is 11.9. The summed E-state index contributed by atoms with van der Waals surface area (Å²) in [6.07, 6.45) is 73.8. The number of allylic oxidation sites excluding steroid dienone is 2. The van der Waals surface area contributed by atoms with E-state index in [0.717, 1.165) is 25.7 Å². The minimum atomic E-state index is -0.803. The lowest BCUT2D eigenvalue weighted by atomic mass is 9.91. The lowest BCUT2D eigenvalue weighted by molar-refractivity contribution is -0.146. The molecule has 2 unspecified atom stereocenters. The van der Waals surface area contributed by atoms with Crippen LogP contribution in [0.2, 0.25) is 0 Å². The number of hydrogen-bond acceptors (Lipinski definition) is 2. The maximum atomic E-state index is 11.9. The lowest BCUT2D eigenvalue weighted by Gasteiger charge is -2.19. The van der Waals surface area contributed by atoms with Gasteiger partial charge in [-0.15, -0.1) is 0 Å². The molecule has 0 aliphatic carbocycles. The van der Waals surface area contributed by atoms with Gasteiger partial charge in [-0.3, -0.25) is 4.79 Å². The highest BCUT2D eigenvalue weighted by molar-refractivity contribution is 5.70. The van der Waals surface area contributed by atoms with Gasteiger partial charge in [0.2, 0.25) is 0 Å². The Morgan fingerprint density at radius 2 is 0.500 bits per heavy atom. The van der Waals surface area contributed by atoms with Crippen molar-refractivity contribution in [3.63, 3.8) is 0 Å². The number of hydrogen-bond donors (Lipinski definition) is 2. The van der Waals surface area contributed by atoms with Crippen LogP contribution in [-0.2, 0) is 4.79 Å². The Hall–Kier alpha value is -0.830. The third-order valence-corrected chi connectivity index (χ3v) is 14.2. The van der Waals surface area contributed by atoms with Crippen molar-refractivity contribution in [1.82, 2.24) is 0 Å². The molecule has 0 spiro atoms. The van der Waals surface area contributed by atoms with E-state index in [0.29, 0.717) is 12.8 Å². The first-order valence-corrected chi connectivity index (χ1v) is 29.2. The zero-order valence-electron chi connectivity index (χ0n) is 42.9. The van der Waals surface area contributed by atoms with Gasteiger partial charge in [-0.25, -0.2) is 0 Å². The highest BCUT2D eigenvalue weighted by Crippen LogP contribution is 2.22. The van der Waals surface area contributed by atoms with Crippen LogP contribution >= 0.6 is 0 Å². The molecule has 3 nitrogen and oxygen atoms in total. The SMILES string of the molecule is CCCCCCCCCCCCCCCCCCCC/C=C\CCCCCCCCCCCCCCC(O)C(CCCCCCCCCCCCCCCCCCCC)C(=O)O. The molecule has 62 heavy (non-hydrogen) atoms. The van der Waals surface area contributed by atoms with Crippen molar-refractivity contribution in [3.05, 3.63) is 12.2 Å². The van der Waals surface area contributed by atoms with Crippen molar-refractivity contribution in [3.8, 4) is 0 Å². The molecule has 0 aromatic carbocycles. The second kappa shape index (κ2) is 54.5. The summed E-state index contributed by atoms with van der Waals surface area (Å²) in [5.41, 5.74) is 0. The number of aliphatic hydroxyl groups is 1. The van der Waals surface area contributed by atoms with Gasteiger partial charge >= 0.3 is 5.97 Å². The smallest absolute Gasteiger partial charge is 0.309 e. The van der Waals surface area contributed by atoms with Crippen LogP contribution in [-0.4, -0.2) is 22.3 Å². The van der Waals surface area contributed by atoms with Crippen LogP contribution in [0.15, 0.2) is 12.2 Å². The molecule has 0 rings (SSSR count). The van der Waals surface area contributed by atoms with E-state index in [1.54, 1.807) is 0 Å². The van der Waals surface area contributed by atoms with Crippen molar-refractivity contribution in [2.24, 2.45) is 5.92 Å². The Balaban J connectivity index is 3.39. The molecule has 0 saturated carbocycles. The fourth-order valence-electron chi connectivity index (χ4n) is 9.73. The highest BCUT2D eigenvalue weighted by Gasteiger charge is 2.25. The first-order chi connectivity index (χ1) is 30.6. The number of carbonyl (C=O) groups is 1. The molecule has 0 saturated heterocycles. The predicted octanol–water partition coefficient (Wildman–Crippen LogP) is 20.9. The molecule has 0 aliphatic rings. The summed E-state index contributed by atoms with van der Waals surface area (Å²) in [5, 5.41) is 20.4. The molecule has 2 atom stereocenters. The van der Waals surface area contributed by atoms with E-state index in [9.17, 15) is 15.0 Å². The molecule has 0 aromatic rings. The quantitative estimate of drug-likeness (QED) is 0.0473. The number of aliphatic carboxylic acids is 1. The monoisotopic (exact) mass is 873 g/mol. The maximum Gasteiger partial charge on any atom is 0.309 e. The number of rotatable bonds is 55. The average molecular weight is 874 g/mol. The Kier molecular flexibility index (Phi) is 53.8. The van der Waals surface area contributed by atoms with Crippen LogP contribution in [0.5, 0.6) is 0 Å². The molecule has 0 radical (unpaired) electrons. The maximum absolute atomic E-state index is 11.9. The van der Waals surface area contributed by atoms with Gasteiger partial charge in [-0.05, 0) is 38.5 Å². The summed E-state index contributed by atoms with van der Waals surface area (Å²) >= 11 is 0. The predicted molar refractivity (Wildman–Crippen MR) is 278 cm³/mol. The van der Waals surface area contributed by atoms with Crippen molar-refractivity contribution < 1.29 is 15.0 Å². The lowest BCUT2D eigenvalue weighted by Crippen LogP contribution is -2.28. The second-order valence-corrected chi connectivity index (χ2v) is 20.4. The molecule has 0 fully saturated rings. The van der Waals surface area contributed by atoms with E-state index in [1.807, 2.05) is 0 Å². The van der Waals surface area contributed by atoms with Crippen LogP contribution in [0, 0.1) is 5.92 Å². The summed E-state index contributed by atoms with van der Waals surface area (Å²) in [7, 11) is 0. The molecule has 0 aliphatic heterocycles. The molecule has 0 amide bonds. The van der Waals surface area contributed by atoms with Crippen molar-refractivity contribution in [2.45, 2.75) is 354 Å². The van der Waals surface area contributed by atoms with Gasteiger partial charge in [0.15, 0.2) is 0 Å². The van der Waals surface area contributed by atoms with Crippen LogP contribution in [0.3, 0.4) is 0 Å². The Morgan fingerprint density at radius 3 is 0.726 bits per heavy atom. The van der Waals surface area contributed by atoms with E-state index >= 15 is 0 Å². The normalized spacial score (nSPS) is 12.8. The van der Waals surface area contributed by atoms with Gasteiger partial charge in [0.1, 0.15) is 0 Å². The van der Waals surface area contributed by atoms with Crippen molar-refractivity contribution in [2.75, 3.05) is 0 Å². The van der Waals surface area contributed by atoms with E-state index in [1.165, 1.54) is 295 Å². The molecular formula is C59H116O3. The van der Waals surface area contributed by atoms with Gasteiger partial charge < -0.3 is 10.2 Å². The molecule has 3 heteroatoms. The number of carboxylic acids is 1. The standard InChI is InChI=1S/C59H116O3/c1-3-5-7-9-11-13-15-17-19-21-23-24-25-26-27-28-29-30-31-32-33-34-35-36-37-38-40-42-44-46-48-50-52-54-56-58(60)57(59(61)62)55-53-51-49-47-45-43-41-39-22-20-18-16-14-12-10-8-6-4-2/h32-33,57-58,60H,3-31,34-56H2,1-2H3,(H,61,62)/b33-32-. The Morgan fingerprint density at radius 1 is 0.306 bits per heavy atom. The number of aliphatic hydroxyl groups excluding tert-OH is 1. The highest BCUT2D eigenvalue weighted by atomic mass is 16.4. The molecular weight excluding hydrogens is 757 g/mol. The second-order valence-electron chi connectivity index (χ2n) is 20.4. The fraction of sp³-hybridized carbons (Fsp3) is 0.949. The van der Waals surface area contributed by atoms with Crippen LogP contribution in [0.4, 0.5) is 0 Å². The molecule has 0 aromatic heterocycles. The first-order valence-electron chi connectivity index (χ1n) is 29.2. The summed E-state index contributed by atoms with van der Waals surface area (Å²) in [6, 6.07) is 0. The third-order valence-electron chi connectivity index (χ3n) is 14.2. The molecule has 0 heterocycles. The van der Waals surface area contributed by atoms with E-state index < -0.39 is 18.0 Å². The van der Waals surface area contributed by atoms with Crippen LogP contribution in [0.25, 0.3) is 0 Å².